The molecule has 0 amide bonds. The highest BCUT2D eigenvalue weighted by molar-refractivity contribution is 6.36. The zero-order valence-electron chi connectivity index (χ0n) is 24.7. The van der Waals surface area contributed by atoms with Crippen LogP contribution in [-0.2, 0) is 0 Å². The first-order valence-corrected chi connectivity index (χ1v) is 15.1. The van der Waals surface area contributed by atoms with Crippen LogP contribution < -0.4 is 21.2 Å². The molecule has 0 spiro atoms. The second-order valence-electron chi connectivity index (χ2n) is 11.1. The van der Waals surface area contributed by atoms with E-state index in [2.05, 4.69) is 37.1 Å². The van der Waals surface area contributed by atoms with E-state index in [1.165, 1.54) is 12.4 Å². The number of hydrogen-bond donors (Lipinski definition) is 2. The summed E-state index contributed by atoms with van der Waals surface area (Å²) < 4.78 is 1.62. The van der Waals surface area contributed by atoms with Crippen molar-refractivity contribution in [1.29, 1.82) is 0 Å². The van der Waals surface area contributed by atoms with Crippen molar-refractivity contribution in [2.45, 2.75) is 13.0 Å². The number of pyridine rings is 2. The smallest absolute Gasteiger partial charge is 0.264 e. The van der Waals surface area contributed by atoms with E-state index in [1.54, 1.807) is 23.2 Å². The molecular weight excluding hydrogens is 590 g/mol. The Morgan fingerprint density at radius 2 is 1.69 bits per heavy atom. The Bertz CT molecular complexity index is 2140. The zero-order valence-corrected chi connectivity index (χ0v) is 25.5. The van der Waals surface area contributed by atoms with Gasteiger partial charge in [-0.15, -0.1) is 0 Å². The fraction of sp³-hybridized carbons (Fsp3) is 0.212. The molecule has 1 fully saturated rings. The number of piperazine rings is 1. The zero-order chi connectivity index (χ0) is 31.1. The average Bonchev–Trinajstić information content (AvgIpc) is 3.07. The molecule has 0 saturated carbocycles. The van der Waals surface area contributed by atoms with Crippen molar-refractivity contribution in [3.8, 4) is 16.9 Å². The second-order valence-corrected chi connectivity index (χ2v) is 11.5. The topological polar surface area (TPSA) is 125 Å². The van der Waals surface area contributed by atoms with Crippen LogP contribution in [0.2, 0.25) is 5.02 Å². The number of H-pyrrole nitrogens is 1. The number of benzene rings is 2. The number of fused-ring (bicyclic) bond motifs is 2. The van der Waals surface area contributed by atoms with Crippen LogP contribution in [0.3, 0.4) is 0 Å². The lowest BCUT2D eigenvalue weighted by Gasteiger charge is -2.32. The van der Waals surface area contributed by atoms with Gasteiger partial charge >= 0.3 is 0 Å². The predicted molar refractivity (Wildman–Crippen MR) is 177 cm³/mol. The number of nitrogens with zero attached hydrogens (tertiary/aromatic N) is 7. The fourth-order valence-corrected chi connectivity index (χ4v) is 6.31. The van der Waals surface area contributed by atoms with E-state index in [0.717, 1.165) is 32.0 Å². The van der Waals surface area contributed by atoms with E-state index in [4.69, 9.17) is 21.6 Å². The number of aromatic amines is 1. The number of halogens is 1. The number of likely N-dealkylation sites (N-methyl/N-ethyl adjacent to an activating group) is 1. The summed E-state index contributed by atoms with van der Waals surface area (Å²) in [6, 6.07) is 15.8. The number of para-hydroxylation sites is 1. The summed E-state index contributed by atoms with van der Waals surface area (Å²) in [5.74, 6) is 1.15. The number of anilines is 2. The van der Waals surface area contributed by atoms with Crippen molar-refractivity contribution in [2.24, 2.45) is 0 Å². The molecule has 0 unspecified atom stereocenters. The minimum atomic E-state index is -0.543. The van der Waals surface area contributed by atoms with Crippen LogP contribution >= 0.6 is 11.6 Å². The van der Waals surface area contributed by atoms with Gasteiger partial charge in [-0.25, -0.2) is 15.0 Å². The van der Waals surface area contributed by atoms with E-state index in [1.807, 2.05) is 55.5 Å². The standard InChI is InChI=1S/C33H30ClN9O2/c1-20(40-32-28-25(44)11-12-35-31(28)38-19-39-32)30-29(34)23-10-6-9-22(27(23)33(45)43(30)21-7-4-3-5-8-21)24-17-37-26(18-36-24)42-15-13-41(2)14-16-42/h3-12,17-20H,13-16H2,1-2H3,(H2,35,38,39,40,44)/t20-/m0/s1. The summed E-state index contributed by atoms with van der Waals surface area (Å²) >= 11 is 7.23. The van der Waals surface area contributed by atoms with Gasteiger partial charge in [0.2, 0.25) is 0 Å². The van der Waals surface area contributed by atoms with Gasteiger partial charge in [0.25, 0.3) is 5.56 Å². The van der Waals surface area contributed by atoms with Crippen LogP contribution in [0.15, 0.2) is 89.1 Å². The third kappa shape index (κ3) is 5.19. The summed E-state index contributed by atoms with van der Waals surface area (Å²) in [5, 5.41) is 5.06. The van der Waals surface area contributed by atoms with Crippen molar-refractivity contribution in [3.63, 3.8) is 0 Å². The van der Waals surface area contributed by atoms with Crippen molar-refractivity contribution in [1.82, 2.24) is 34.4 Å². The van der Waals surface area contributed by atoms with Crippen molar-refractivity contribution < 1.29 is 0 Å². The summed E-state index contributed by atoms with van der Waals surface area (Å²) in [4.78, 5) is 52.9. The maximum atomic E-state index is 14.6. The van der Waals surface area contributed by atoms with E-state index in [0.29, 0.717) is 55.3 Å². The lowest BCUT2D eigenvalue weighted by Crippen LogP contribution is -2.44. The summed E-state index contributed by atoms with van der Waals surface area (Å²) in [6.45, 7) is 5.56. The maximum Gasteiger partial charge on any atom is 0.264 e. The summed E-state index contributed by atoms with van der Waals surface area (Å²) in [6.07, 6.45) is 6.41. The Kier molecular flexibility index (Phi) is 7.48. The van der Waals surface area contributed by atoms with Crippen LogP contribution in [0.1, 0.15) is 18.7 Å². The van der Waals surface area contributed by atoms with Crippen LogP contribution in [0.25, 0.3) is 38.8 Å². The molecule has 12 heteroatoms. The third-order valence-corrected chi connectivity index (χ3v) is 8.65. The van der Waals surface area contributed by atoms with E-state index in [9.17, 15) is 9.59 Å². The number of aromatic nitrogens is 6. The molecule has 1 saturated heterocycles. The Balaban J connectivity index is 1.37. The van der Waals surface area contributed by atoms with Crippen molar-refractivity contribution in [2.75, 3.05) is 43.4 Å². The van der Waals surface area contributed by atoms with Gasteiger partial charge in [-0.05, 0) is 26.1 Å². The number of nitrogens with one attached hydrogen (secondary N) is 2. The first kappa shape index (κ1) is 28.6. The van der Waals surface area contributed by atoms with Gasteiger partial charge < -0.3 is 20.1 Å². The largest absolute Gasteiger partial charge is 0.361 e. The predicted octanol–water partition coefficient (Wildman–Crippen LogP) is 4.66. The van der Waals surface area contributed by atoms with Gasteiger partial charge in [-0.1, -0.05) is 48.0 Å². The minimum Gasteiger partial charge on any atom is -0.361 e. The van der Waals surface area contributed by atoms with E-state index in [-0.39, 0.29) is 11.0 Å². The van der Waals surface area contributed by atoms with Gasteiger partial charge in [0.15, 0.2) is 5.43 Å². The van der Waals surface area contributed by atoms with Crippen LogP contribution in [0, 0.1) is 0 Å². The van der Waals surface area contributed by atoms with Gasteiger partial charge in [-0.3, -0.25) is 19.1 Å². The summed E-state index contributed by atoms with van der Waals surface area (Å²) in [7, 11) is 2.11. The average molecular weight is 620 g/mol. The molecule has 226 valence electrons. The van der Waals surface area contributed by atoms with Crippen molar-refractivity contribution in [3.05, 3.63) is 111 Å². The van der Waals surface area contributed by atoms with Gasteiger partial charge in [-0.2, -0.15) is 0 Å². The van der Waals surface area contributed by atoms with Crippen LogP contribution in [0.4, 0.5) is 11.6 Å². The molecule has 6 aromatic rings. The Morgan fingerprint density at radius 3 is 2.44 bits per heavy atom. The molecule has 45 heavy (non-hydrogen) atoms. The molecule has 4 aromatic heterocycles. The molecule has 11 nitrogen and oxygen atoms in total. The molecule has 2 N–H and O–H groups in total. The highest BCUT2D eigenvalue weighted by Crippen LogP contribution is 2.36. The Hall–Kier alpha value is -5.13. The van der Waals surface area contributed by atoms with Crippen LogP contribution in [0.5, 0.6) is 0 Å². The minimum absolute atomic E-state index is 0.228. The number of rotatable bonds is 6. The van der Waals surface area contributed by atoms with E-state index >= 15 is 0 Å². The molecule has 0 radical (unpaired) electrons. The highest BCUT2D eigenvalue weighted by Gasteiger charge is 2.25. The van der Waals surface area contributed by atoms with E-state index < -0.39 is 6.04 Å². The molecule has 1 aliphatic heterocycles. The van der Waals surface area contributed by atoms with Gasteiger partial charge in [0.05, 0.1) is 40.2 Å². The molecule has 7 rings (SSSR count). The van der Waals surface area contributed by atoms with Crippen molar-refractivity contribution >= 4 is 45.0 Å². The normalized spacial score (nSPS) is 14.6. The van der Waals surface area contributed by atoms with Crippen LogP contribution in [-0.4, -0.2) is 67.6 Å². The lowest BCUT2D eigenvalue weighted by molar-refractivity contribution is 0.312. The molecule has 0 bridgehead atoms. The maximum absolute atomic E-state index is 14.6. The monoisotopic (exact) mass is 619 g/mol. The molecule has 1 atom stereocenters. The quantitative estimate of drug-likeness (QED) is 0.274. The Labute approximate surface area is 263 Å². The highest BCUT2D eigenvalue weighted by atomic mass is 35.5. The second kappa shape index (κ2) is 11.8. The van der Waals surface area contributed by atoms with Gasteiger partial charge in [0.1, 0.15) is 29.0 Å². The number of hydrogen-bond acceptors (Lipinski definition) is 9. The molecule has 1 aliphatic rings. The SMILES string of the molecule is C[C@H](Nc1ncnc2[nH]ccc(=O)c12)c1c(Cl)c2cccc(-c3cnc(N4CCN(C)CC4)cn3)c2c(=O)n1-c1ccccc1. The first-order chi connectivity index (χ1) is 21.9. The fourth-order valence-electron chi connectivity index (χ4n) is 5.90. The summed E-state index contributed by atoms with van der Waals surface area (Å²) in [5.41, 5.74) is 2.31. The molecular formula is C33H30ClN9O2. The first-order valence-electron chi connectivity index (χ1n) is 14.7. The molecule has 5 heterocycles. The lowest BCUT2D eigenvalue weighted by atomic mass is 10.0. The molecule has 2 aromatic carbocycles. The Morgan fingerprint density at radius 1 is 0.889 bits per heavy atom. The molecule has 0 aliphatic carbocycles. The third-order valence-electron chi connectivity index (χ3n) is 8.25. The van der Waals surface area contributed by atoms with Gasteiger partial charge in [0, 0.05) is 55.1 Å².